The largest absolute Gasteiger partial charge is 0.385 e. The van der Waals surface area contributed by atoms with Gasteiger partial charge < -0.3 is 5.32 Å². The molecule has 0 atom stereocenters. The smallest absolute Gasteiger partial charge is 0.178 e. The lowest BCUT2D eigenvalue weighted by Crippen LogP contribution is -2.05. The van der Waals surface area contributed by atoms with Crippen LogP contribution in [0.5, 0.6) is 0 Å². The molecule has 1 N–H and O–H groups in total. The van der Waals surface area contributed by atoms with Gasteiger partial charge in [-0.2, -0.15) is 0 Å². The number of hydrogen-bond acceptors (Lipinski definition) is 3. The molecular weight excluding hydrogens is 246 g/mol. The molecule has 0 heterocycles. The minimum Gasteiger partial charge on any atom is -0.385 e. The van der Waals surface area contributed by atoms with Gasteiger partial charge in [0.15, 0.2) is 9.84 Å². The Bertz CT molecular complexity index is 414. The normalized spacial score (nSPS) is 11.4. The summed E-state index contributed by atoms with van der Waals surface area (Å²) in [5, 5.41) is 3.16. The molecule has 0 aliphatic heterocycles. The first-order valence-electron chi connectivity index (χ1n) is 5.23. The lowest BCUT2D eigenvalue weighted by atomic mass is 10.3. The Balaban J connectivity index is 2.68. The van der Waals surface area contributed by atoms with Crippen molar-refractivity contribution in [1.82, 2.24) is 0 Å². The fourth-order valence-electron chi connectivity index (χ4n) is 1.25. The molecule has 0 unspecified atom stereocenters. The number of anilines is 1. The van der Waals surface area contributed by atoms with Gasteiger partial charge in [-0.15, -0.1) is 11.6 Å². The second-order valence-corrected chi connectivity index (χ2v) is 6.05. The van der Waals surface area contributed by atoms with Gasteiger partial charge in [0, 0.05) is 18.1 Å². The highest BCUT2D eigenvalue weighted by molar-refractivity contribution is 7.91. The Morgan fingerprint density at radius 1 is 1.25 bits per heavy atom. The third-order valence-corrected chi connectivity index (χ3v) is 4.25. The first-order chi connectivity index (χ1) is 7.60. The van der Waals surface area contributed by atoms with Gasteiger partial charge in [0.05, 0.1) is 10.6 Å². The van der Waals surface area contributed by atoms with E-state index in [1.54, 1.807) is 31.2 Å². The predicted molar refractivity (Wildman–Crippen MR) is 68.0 cm³/mol. The van der Waals surface area contributed by atoms with Crippen LogP contribution in [0, 0.1) is 0 Å². The lowest BCUT2D eigenvalue weighted by molar-refractivity contribution is 0.597. The number of alkyl halides is 1. The van der Waals surface area contributed by atoms with Crippen molar-refractivity contribution < 1.29 is 8.42 Å². The molecule has 0 radical (unpaired) electrons. The molecule has 0 bridgehead atoms. The van der Waals surface area contributed by atoms with Crippen LogP contribution in [-0.4, -0.2) is 26.6 Å². The monoisotopic (exact) mass is 261 g/mol. The first-order valence-corrected chi connectivity index (χ1v) is 7.41. The topological polar surface area (TPSA) is 46.2 Å². The average Bonchev–Trinajstić information content (AvgIpc) is 2.30. The Morgan fingerprint density at radius 2 is 1.88 bits per heavy atom. The molecule has 1 aromatic carbocycles. The highest BCUT2D eigenvalue weighted by Crippen LogP contribution is 2.15. The first kappa shape index (κ1) is 13.3. The molecule has 0 aromatic heterocycles. The quantitative estimate of drug-likeness (QED) is 0.632. The molecule has 3 nitrogen and oxygen atoms in total. The number of sulfone groups is 1. The van der Waals surface area contributed by atoms with E-state index in [4.69, 9.17) is 11.6 Å². The summed E-state index contributed by atoms with van der Waals surface area (Å²) < 4.78 is 23.1. The van der Waals surface area contributed by atoms with Crippen LogP contribution in [-0.2, 0) is 9.84 Å². The third-order valence-electron chi connectivity index (χ3n) is 2.23. The zero-order valence-electron chi connectivity index (χ0n) is 9.24. The van der Waals surface area contributed by atoms with Gasteiger partial charge in [0.2, 0.25) is 0 Å². The van der Waals surface area contributed by atoms with Crippen molar-refractivity contribution in [3.8, 4) is 0 Å². The summed E-state index contributed by atoms with van der Waals surface area (Å²) in [6, 6.07) is 6.80. The number of hydrogen-bond donors (Lipinski definition) is 1. The molecule has 90 valence electrons. The molecule has 0 fully saturated rings. The van der Waals surface area contributed by atoms with E-state index in [1.165, 1.54) is 0 Å². The molecule has 0 aliphatic rings. The minimum absolute atomic E-state index is 0.131. The molecular formula is C11H16ClNO2S. The number of benzene rings is 1. The van der Waals surface area contributed by atoms with Crippen LogP contribution < -0.4 is 5.32 Å². The minimum atomic E-state index is -3.09. The van der Waals surface area contributed by atoms with Crippen LogP contribution in [0.3, 0.4) is 0 Å². The fraction of sp³-hybridized carbons (Fsp3) is 0.455. The lowest BCUT2D eigenvalue weighted by Gasteiger charge is -2.06. The highest BCUT2D eigenvalue weighted by Gasteiger charge is 2.10. The van der Waals surface area contributed by atoms with Gasteiger partial charge in [-0.1, -0.05) is 6.92 Å². The number of rotatable bonds is 6. The molecule has 1 rings (SSSR count). The summed E-state index contributed by atoms with van der Waals surface area (Å²) in [4.78, 5) is 0.373. The van der Waals surface area contributed by atoms with Crippen LogP contribution in [0.25, 0.3) is 0 Å². The van der Waals surface area contributed by atoms with E-state index in [2.05, 4.69) is 5.32 Å². The Morgan fingerprint density at radius 3 is 2.38 bits per heavy atom. The van der Waals surface area contributed by atoms with Crippen LogP contribution in [0.4, 0.5) is 5.69 Å². The maximum atomic E-state index is 11.5. The van der Waals surface area contributed by atoms with Crippen LogP contribution in [0.15, 0.2) is 29.2 Å². The molecule has 16 heavy (non-hydrogen) atoms. The molecule has 0 aliphatic carbocycles. The zero-order valence-corrected chi connectivity index (χ0v) is 10.8. The van der Waals surface area contributed by atoms with Gasteiger partial charge in [-0.05, 0) is 30.7 Å². The van der Waals surface area contributed by atoms with Crippen LogP contribution in [0.2, 0.25) is 0 Å². The summed E-state index contributed by atoms with van der Waals surface area (Å²) >= 11 is 5.55. The number of nitrogens with one attached hydrogen (secondary N) is 1. The summed E-state index contributed by atoms with van der Waals surface area (Å²) in [5.74, 6) is 0.751. The molecule has 0 saturated carbocycles. The zero-order chi connectivity index (χ0) is 12.0. The van der Waals surface area contributed by atoms with Crippen molar-refractivity contribution in [3.05, 3.63) is 24.3 Å². The predicted octanol–water partition coefficient (Wildman–Crippen LogP) is 2.52. The number of halogens is 1. The van der Waals surface area contributed by atoms with E-state index in [9.17, 15) is 8.42 Å². The van der Waals surface area contributed by atoms with Crippen molar-refractivity contribution in [2.24, 2.45) is 0 Å². The van der Waals surface area contributed by atoms with E-state index < -0.39 is 9.84 Å². The van der Waals surface area contributed by atoms with Crippen LogP contribution in [0.1, 0.15) is 13.3 Å². The SMILES string of the molecule is CCS(=O)(=O)c1ccc(NCCCCl)cc1. The van der Waals surface area contributed by atoms with Crippen LogP contribution >= 0.6 is 11.6 Å². The van der Waals surface area contributed by atoms with E-state index in [-0.39, 0.29) is 5.75 Å². The Kier molecular flexibility index (Phi) is 5.09. The Hall–Kier alpha value is -0.740. The summed E-state index contributed by atoms with van der Waals surface area (Å²) in [7, 11) is -3.09. The highest BCUT2D eigenvalue weighted by atomic mass is 35.5. The average molecular weight is 262 g/mol. The molecule has 1 aromatic rings. The second kappa shape index (κ2) is 6.11. The van der Waals surface area contributed by atoms with E-state index in [1.807, 2.05) is 0 Å². The molecule has 0 spiro atoms. The van der Waals surface area contributed by atoms with Crippen molar-refractivity contribution in [2.45, 2.75) is 18.2 Å². The van der Waals surface area contributed by atoms with E-state index in [0.717, 1.165) is 18.7 Å². The maximum Gasteiger partial charge on any atom is 0.178 e. The fourth-order valence-corrected chi connectivity index (χ4v) is 2.26. The van der Waals surface area contributed by atoms with Gasteiger partial charge in [0.25, 0.3) is 0 Å². The van der Waals surface area contributed by atoms with Crippen molar-refractivity contribution in [1.29, 1.82) is 0 Å². The van der Waals surface area contributed by atoms with E-state index >= 15 is 0 Å². The van der Waals surface area contributed by atoms with Gasteiger partial charge >= 0.3 is 0 Å². The van der Waals surface area contributed by atoms with Crippen molar-refractivity contribution in [3.63, 3.8) is 0 Å². The summed E-state index contributed by atoms with van der Waals surface area (Å²) in [5.41, 5.74) is 0.917. The second-order valence-electron chi connectivity index (χ2n) is 3.40. The van der Waals surface area contributed by atoms with Gasteiger partial charge in [0.1, 0.15) is 0 Å². The van der Waals surface area contributed by atoms with Gasteiger partial charge in [-0.3, -0.25) is 0 Å². The molecule has 0 saturated heterocycles. The third kappa shape index (κ3) is 3.68. The van der Waals surface area contributed by atoms with Gasteiger partial charge in [-0.25, -0.2) is 8.42 Å². The maximum absolute atomic E-state index is 11.5. The Labute approximate surface area is 102 Å². The van der Waals surface area contributed by atoms with Crippen molar-refractivity contribution >= 4 is 27.1 Å². The van der Waals surface area contributed by atoms with E-state index in [0.29, 0.717) is 10.8 Å². The standard InChI is InChI=1S/C11H16ClNO2S/c1-2-16(14,15)11-6-4-10(5-7-11)13-9-3-8-12/h4-7,13H,2-3,8-9H2,1H3. The molecule has 5 heteroatoms. The molecule has 0 amide bonds. The summed E-state index contributed by atoms with van der Waals surface area (Å²) in [6.45, 7) is 2.44. The summed E-state index contributed by atoms with van der Waals surface area (Å²) in [6.07, 6.45) is 0.885. The van der Waals surface area contributed by atoms with Crippen molar-refractivity contribution in [2.75, 3.05) is 23.5 Å².